The van der Waals surface area contributed by atoms with Crippen LogP contribution in [-0.4, -0.2) is 36.1 Å². The number of rotatable bonds is 7. The Labute approximate surface area is 208 Å². The van der Waals surface area contributed by atoms with Crippen molar-refractivity contribution in [3.05, 3.63) is 59.0 Å². The summed E-state index contributed by atoms with van der Waals surface area (Å²) in [5, 5.41) is 4.80. The van der Waals surface area contributed by atoms with E-state index in [0.29, 0.717) is 44.9 Å². The average Bonchev–Trinajstić information content (AvgIpc) is 3.53. The van der Waals surface area contributed by atoms with Crippen LogP contribution in [0.1, 0.15) is 18.7 Å². The van der Waals surface area contributed by atoms with E-state index in [0.717, 1.165) is 35.1 Å². The lowest BCUT2D eigenvalue weighted by molar-refractivity contribution is -0.117. The van der Waals surface area contributed by atoms with Crippen molar-refractivity contribution in [1.82, 2.24) is 15.3 Å². The smallest absolute Gasteiger partial charge is 0.243 e. The van der Waals surface area contributed by atoms with Crippen molar-refractivity contribution in [3.63, 3.8) is 0 Å². The SMILES string of the molecule is C=CC(=O)N[C@H]1C[C@@H]2C[C@@H]2[C@H]1Cc1ncc2cc(-c3c(Cl)c(OC)cc(OC)c3Cl)ccc2n1. The predicted octanol–water partition coefficient (Wildman–Crippen LogP) is 5.49. The maximum atomic E-state index is 11.8. The van der Waals surface area contributed by atoms with Crippen molar-refractivity contribution in [1.29, 1.82) is 0 Å². The summed E-state index contributed by atoms with van der Waals surface area (Å²) in [4.78, 5) is 21.3. The van der Waals surface area contributed by atoms with Crippen LogP contribution in [0.15, 0.2) is 43.1 Å². The maximum Gasteiger partial charge on any atom is 0.243 e. The van der Waals surface area contributed by atoms with Gasteiger partial charge in [0.1, 0.15) is 17.3 Å². The summed E-state index contributed by atoms with van der Waals surface area (Å²) in [6.07, 6.45) is 6.16. The Bertz CT molecular complexity index is 1270. The lowest BCUT2D eigenvalue weighted by Crippen LogP contribution is -2.39. The molecule has 2 fully saturated rings. The Balaban J connectivity index is 1.44. The minimum absolute atomic E-state index is 0.116. The second-order valence-electron chi connectivity index (χ2n) is 8.93. The topological polar surface area (TPSA) is 73.3 Å². The van der Waals surface area contributed by atoms with Crippen LogP contribution in [0.4, 0.5) is 0 Å². The Hall–Kier alpha value is -2.83. The summed E-state index contributed by atoms with van der Waals surface area (Å²) in [7, 11) is 3.10. The number of methoxy groups -OCH3 is 2. The van der Waals surface area contributed by atoms with Crippen molar-refractivity contribution in [2.45, 2.75) is 25.3 Å². The molecule has 2 aliphatic carbocycles. The second kappa shape index (κ2) is 9.08. The zero-order valence-corrected chi connectivity index (χ0v) is 20.5. The minimum atomic E-state index is -0.116. The first-order valence-electron chi connectivity index (χ1n) is 11.2. The number of aromatic nitrogens is 2. The monoisotopic (exact) mass is 497 g/mol. The normalized spacial score (nSPS) is 22.8. The molecule has 6 nitrogen and oxygen atoms in total. The number of hydrogen-bond acceptors (Lipinski definition) is 5. The van der Waals surface area contributed by atoms with E-state index < -0.39 is 0 Å². The molecular formula is C26H25Cl2N3O3. The van der Waals surface area contributed by atoms with Gasteiger partial charge in [-0.1, -0.05) is 35.8 Å². The van der Waals surface area contributed by atoms with Gasteiger partial charge in [-0.2, -0.15) is 0 Å². The van der Waals surface area contributed by atoms with Gasteiger partial charge in [-0.15, -0.1) is 0 Å². The summed E-state index contributed by atoms with van der Waals surface area (Å²) in [5.41, 5.74) is 2.30. The highest BCUT2D eigenvalue weighted by Gasteiger charge is 2.53. The number of nitrogens with zero attached hydrogens (tertiary/aromatic N) is 2. The number of nitrogens with one attached hydrogen (secondary N) is 1. The third kappa shape index (κ3) is 4.10. The first-order chi connectivity index (χ1) is 16.4. The zero-order valence-electron chi connectivity index (χ0n) is 19.0. The van der Waals surface area contributed by atoms with E-state index in [4.69, 9.17) is 37.7 Å². The molecule has 176 valence electrons. The molecule has 0 saturated heterocycles. The van der Waals surface area contributed by atoms with Crippen LogP contribution in [0.2, 0.25) is 10.0 Å². The first kappa shape index (κ1) is 22.9. The third-order valence-electron chi connectivity index (χ3n) is 7.02. The number of ether oxygens (including phenoxy) is 2. The molecule has 0 unspecified atom stereocenters. The van der Waals surface area contributed by atoms with Gasteiger partial charge in [0.2, 0.25) is 5.91 Å². The summed E-state index contributed by atoms with van der Waals surface area (Å²) in [6.45, 7) is 3.57. The number of benzene rings is 2. The lowest BCUT2D eigenvalue weighted by Gasteiger charge is -2.22. The van der Waals surface area contributed by atoms with Crippen molar-refractivity contribution in [2.75, 3.05) is 14.2 Å². The molecule has 1 N–H and O–H groups in total. The van der Waals surface area contributed by atoms with E-state index in [2.05, 4.69) is 16.9 Å². The first-order valence-corrected chi connectivity index (χ1v) is 12.0. The highest BCUT2D eigenvalue weighted by Crippen LogP contribution is 2.56. The number of halogens is 2. The lowest BCUT2D eigenvalue weighted by atomic mass is 9.94. The summed E-state index contributed by atoms with van der Waals surface area (Å²) in [5.74, 6) is 3.34. The van der Waals surface area contributed by atoms with E-state index in [1.54, 1.807) is 20.3 Å². The molecule has 2 saturated carbocycles. The summed E-state index contributed by atoms with van der Waals surface area (Å²) >= 11 is 13.2. The van der Waals surface area contributed by atoms with Crippen molar-refractivity contribution >= 4 is 40.0 Å². The molecule has 3 aromatic rings. The van der Waals surface area contributed by atoms with Crippen molar-refractivity contribution in [3.8, 4) is 22.6 Å². The zero-order chi connectivity index (χ0) is 24.0. The Morgan fingerprint density at radius 1 is 1.18 bits per heavy atom. The highest BCUT2D eigenvalue weighted by molar-refractivity contribution is 6.41. The van der Waals surface area contributed by atoms with Gasteiger partial charge in [0.05, 0.1) is 29.8 Å². The molecule has 1 amide bonds. The molecule has 0 bridgehead atoms. The van der Waals surface area contributed by atoms with E-state index in [1.807, 2.05) is 24.4 Å². The van der Waals surface area contributed by atoms with Gasteiger partial charge < -0.3 is 14.8 Å². The molecule has 0 spiro atoms. The van der Waals surface area contributed by atoms with E-state index >= 15 is 0 Å². The predicted molar refractivity (Wildman–Crippen MR) is 134 cm³/mol. The van der Waals surface area contributed by atoms with Crippen molar-refractivity contribution in [2.24, 2.45) is 17.8 Å². The summed E-state index contributed by atoms with van der Waals surface area (Å²) in [6, 6.07) is 7.67. The fraction of sp³-hybridized carbons (Fsp3) is 0.346. The fourth-order valence-corrected chi connectivity index (χ4v) is 5.96. The minimum Gasteiger partial charge on any atom is -0.495 e. The molecule has 0 aliphatic heterocycles. The van der Waals surface area contributed by atoms with E-state index in [-0.39, 0.29) is 11.9 Å². The number of carbonyl (C=O) groups is 1. The van der Waals surface area contributed by atoms with Crippen molar-refractivity contribution < 1.29 is 14.3 Å². The van der Waals surface area contributed by atoms with Crippen LogP contribution in [0.3, 0.4) is 0 Å². The Kier molecular flexibility index (Phi) is 6.13. The molecule has 1 aromatic heterocycles. The van der Waals surface area contributed by atoms with Crippen LogP contribution in [0.25, 0.3) is 22.0 Å². The largest absolute Gasteiger partial charge is 0.495 e. The molecule has 2 aromatic carbocycles. The van der Waals surface area contributed by atoms with E-state index in [1.165, 1.54) is 12.5 Å². The molecule has 4 atom stereocenters. The number of fused-ring (bicyclic) bond motifs is 2. The van der Waals surface area contributed by atoms with Gasteiger partial charge in [-0.25, -0.2) is 9.97 Å². The highest BCUT2D eigenvalue weighted by atomic mass is 35.5. The molecule has 5 rings (SSSR count). The molecule has 2 aliphatic rings. The van der Waals surface area contributed by atoms with Crippen LogP contribution in [0, 0.1) is 17.8 Å². The van der Waals surface area contributed by atoms with Crippen LogP contribution >= 0.6 is 23.2 Å². The molecular weight excluding hydrogens is 473 g/mol. The van der Waals surface area contributed by atoms with Gasteiger partial charge in [0, 0.05) is 35.7 Å². The van der Waals surface area contributed by atoms with Gasteiger partial charge in [0.15, 0.2) is 0 Å². The number of carbonyl (C=O) groups excluding carboxylic acids is 1. The third-order valence-corrected chi connectivity index (χ3v) is 7.77. The molecule has 8 heteroatoms. The van der Waals surface area contributed by atoms with Gasteiger partial charge in [0.25, 0.3) is 0 Å². The Morgan fingerprint density at radius 2 is 1.91 bits per heavy atom. The summed E-state index contributed by atoms with van der Waals surface area (Å²) < 4.78 is 10.8. The molecule has 0 radical (unpaired) electrons. The maximum absolute atomic E-state index is 11.8. The quantitative estimate of drug-likeness (QED) is 0.436. The fourth-order valence-electron chi connectivity index (χ4n) is 5.24. The van der Waals surface area contributed by atoms with Gasteiger partial charge in [-0.3, -0.25) is 4.79 Å². The van der Waals surface area contributed by atoms with Gasteiger partial charge >= 0.3 is 0 Å². The number of hydrogen-bond donors (Lipinski definition) is 1. The Morgan fingerprint density at radius 3 is 2.59 bits per heavy atom. The van der Waals surface area contributed by atoms with Crippen LogP contribution in [-0.2, 0) is 11.2 Å². The van der Waals surface area contributed by atoms with Gasteiger partial charge in [-0.05, 0) is 54.4 Å². The standard InChI is InChI=1S/C26H25Cl2N3O3/c1-4-23(32)31-19-9-14-8-16(14)17(19)10-22-29-12-15-7-13(5-6-18(15)30-22)24-25(27)20(33-2)11-21(34-3)26(24)28/h4-7,11-12,14,16-17,19H,1,8-10H2,2-3H3,(H,31,32)/t14-,16-,17+,19-/m0/s1. The van der Waals surface area contributed by atoms with Crippen LogP contribution in [0.5, 0.6) is 11.5 Å². The average molecular weight is 498 g/mol. The van der Waals surface area contributed by atoms with Crippen LogP contribution < -0.4 is 14.8 Å². The molecule has 1 heterocycles. The molecule has 34 heavy (non-hydrogen) atoms. The second-order valence-corrected chi connectivity index (χ2v) is 9.68. The number of amides is 1. The van der Waals surface area contributed by atoms with E-state index in [9.17, 15) is 4.79 Å².